The number of carbonyl (C=O) groups excluding carboxylic acids is 3. The molecular weight excluding hydrogens is 456 g/mol. The molecule has 0 fully saturated rings. The van der Waals surface area contributed by atoms with E-state index < -0.39 is 63.8 Å². The lowest BCUT2D eigenvalue weighted by Gasteiger charge is -2.50. The number of Topliss-reactive ketones (excluding diaryl/α,β-unsaturated/α-hetero) is 2. The number of likely N-dealkylation sites (N-methyl/N-ethyl adjacent to an activating group) is 1. The van der Waals surface area contributed by atoms with Gasteiger partial charge in [-0.25, -0.2) is 0 Å². The number of hydrogen-bond acceptors (Lipinski definition) is 9. The topological polar surface area (TPSA) is 182 Å². The number of aliphatic hydroxyl groups is 3. The fraction of sp³-hybridized carbons (Fsp3) is 0.320. The van der Waals surface area contributed by atoms with Gasteiger partial charge in [0.25, 0.3) is 5.91 Å². The first-order chi connectivity index (χ1) is 16.4. The minimum Gasteiger partial charge on any atom is -0.510 e. The molecule has 0 radical (unpaired) electrons. The van der Waals surface area contributed by atoms with Crippen LogP contribution >= 0.6 is 0 Å². The van der Waals surface area contributed by atoms with E-state index in [2.05, 4.69) is 0 Å². The number of fused-ring (bicyclic) bond motifs is 4. The van der Waals surface area contributed by atoms with Crippen molar-refractivity contribution in [1.29, 1.82) is 0 Å². The molecule has 0 bridgehead atoms. The molecule has 3 aliphatic carbocycles. The van der Waals surface area contributed by atoms with Crippen molar-refractivity contribution in [2.75, 3.05) is 14.1 Å². The standard InChI is InChI=1S/C25H24N2O8/c1-27(2)18-12-8-11-7-10-6-9-4-3-5-13(28)14(9)19(29)15(10)20(30)16(11)22(32)25(12,35)23(33)17(21(18)31)24(26)34/h3-6,11-12,18,28-29,31-32,35H,7-8H2,1-2H3,(H2,26,34)/t11-,12-,18-,25-/m0/s1. The van der Waals surface area contributed by atoms with E-state index >= 15 is 0 Å². The van der Waals surface area contributed by atoms with Gasteiger partial charge in [0, 0.05) is 11.5 Å². The lowest BCUT2D eigenvalue weighted by Crippen LogP contribution is -2.63. The second-order valence-corrected chi connectivity index (χ2v) is 9.60. The fourth-order valence-electron chi connectivity index (χ4n) is 6.06. The summed E-state index contributed by atoms with van der Waals surface area (Å²) in [5.41, 5.74) is 1.89. The van der Waals surface area contributed by atoms with Gasteiger partial charge >= 0.3 is 0 Å². The predicted octanol–water partition coefficient (Wildman–Crippen LogP) is 0.979. The van der Waals surface area contributed by atoms with Gasteiger partial charge in [0.1, 0.15) is 28.6 Å². The average molecular weight is 480 g/mol. The van der Waals surface area contributed by atoms with Gasteiger partial charge in [-0.3, -0.25) is 19.3 Å². The Balaban J connectivity index is 1.76. The number of benzene rings is 2. The van der Waals surface area contributed by atoms with E-state index in [9.17, 15) is 39.9 Å². The number of hydrogen-bond donors (Lipinski definition) is 6. The summed E-state index contributed by atoms with van der Waals surface area (Å²) in [6.07, 6.45) is 0.207. The molecule has 7 N–H and O–H groups in total. The van der Waals surface area contributed by atoms with Crippen LogP contribution in [0.15, 0.2) is 46.9 Å². The first-order valence-corrected chi connectivity index (χ1v) is 11.0. The third-order valence-electron chi connectivity index (χ3n) is 7.53. The largest absolute Gasteiger partial charge is 0.510 e. The molecule has 0 aliphatic heterocycles. The number of carbonyl (C=O) groups is 3. The molecule has 0 saturated heterocycles. The van der Waals surface area contributed by atoms with Crippen molar-refractivity contribution >= 4 is 28.2 Å². The maximum Gasteiger partial charge on any atom is 0.255 e. The SMILES string of the molecule is CN(C)[C@@H]1C(O)=C(C(N)=O)C(=O)[C@@]2(O)C(O)=C3C(=O)c4c(cc5cccc(O)c5c4O)C[C@H]3C[C@@H]12. The Bertz CT molecular complexity index is 1420. The molecule has 0 saturated carbocycles. The van der Waals surface area contributed by atoms with Gasteiger partial charge in [-0.1, -0.05) is 12.1 Å². The molecule has 0 spiro atoms. The highest BCUT2D eigenvalue weighted by Gasteiger charge is 2.63. The van der Waals surface area contributed by atoms with Crippen molar-refractivity contribution in [3.05, 3.63) is 58.1 Å². The van der Waals surface area contributed by atoms with Crippen LogP contribution in [0.25, 0.3) is 10.8 Å². The molecule has 35 heavy (non-hydrogen) atoms. The van der Waals surface area contributed by atoms with Crippen LogP contribution in [0.4, 0.5) is 0 Å². The van der Waals surface area contributed by atoms with E-state index in [0.717, 1.165) is 0 Å². The van der Waals surface area contributed by atoms with E-state index in [-0.39, 0.29) is 35.1 Å². The zero-order chi connectivity index (χ0) is 25.6. The highest BCUT2D eigenvalue weighted by Crippen LogP contribution is 2.53. The fourth-order valence-corrected chi connectivity index (χ4v) is 6.06. The number of ketones is 2. The van der Waals surface area contributed by atoms with Crippen molar-refractivity contribution in [2.45, 2.75) is 24.5 Å². The van der Waals surface area contributed by atoms with E-state index in [1.807, 2.05) is 0 Å². The number of primary amides is 1. The zero-order valence-electron chi connectivity index (χ0n) is 18.9. The van der Waals surface area contributed by atoms with Gasteiger partial charge in [0.05, 0.1) is 17.0 Å². The Morgan fingerprint density at radius 1 is 1.14 bits per heavy atom. The molecule has 0 unspecified atom stereocenters. The minimum absolute atomic E-state index is 0.0185. The molecule has 3 aliphatic rings. The van der Waals surface area contributed by atoms with Crippen LogP contribution < -0.4 is 5.73 Å². The molecule has 182 valence electrons. The molecule has 1 amide bonds. The predicted molar refractivity (Wildman–Crippen MR) is 123 cm³/mol. The van der Waals surface area contributed by atoms with Gasteiger partial charge < -0.3 is 31.3 Å². The molecular formula is C25H24N2O8. The quantitative estimate of drug-likeness (QED) is 0.341. The smallest absolute Gasteiger partial charge is 0.255 e. The second-order valence-electron chi connectivity index (χ2n) is 9.60. The normalized spacial score (nSPS) is 28.3. The summed E-state index contributed by atoms with van der Waals surface area (Å²) in [7, 11) is 3.15. The van der Waals surface area contributed by atoms with Gasteiger partial charge in [-0.05, 0) is 55.9 Å². The van der Waals surface area contributed by atoms with Crippen LogP contribution in [0.1, 0.15) is 22.3 Å². The summed E-state index contributed by atoms with van der Waals surface area (Å²) in [6.45, 7) is 0. The number of rotatable bonds is 2. The lowest BCUT2D eigenvalue weighted by atomic mass is 9.58. The summed E-state index contributed by atoms with van der Waals surface area (Å²) in [5.74, 6) is -7.31. The van der Waals surface area contributed by atoms with E-state index in [0.29, 0.717) is 10.9 Å². The molecule has 10 heteroatoms. The Morgan fingerprint density at radius 3 is 2.46 bits per heavy atom. The average Bonchev–Trinajstić information content (AvgIpc) is 2.75. The Labute approximate surface area is 199 Å². The van der Waals surface area contributed by atoms with Crippen LogP contribution in [0.2, 0.25) is 0 Å². The van der Waals surface area contributed by atoms with Crippen molar-refractivity contribution in [2.24, 2.45) is 17.6 Å². The number of aliphatic hydroxyl groups excluding tert-OH is 2. The third kappa shape index (κ3) is 2.80. The van der Waals surface area contributed by atoms with Gasteiger partial charge in [0.2, 0.25) is 5.78 Å². The second kappa shape index (κ2) is 7.30. The summed E-state index contributed by atoms with van der Waals surface area (Å²) in [6, 6.07) is 5.28. The van der Waals surface area contributed by atoms with Crippen LogP contribution in [0.5, 0.6) is 11.5 Å². The van der Waals surface area contributed by atoms with Gasteiger partial charge in [-0.15, -0.1) is 0 Å². The third-order valence-corrected chi connectivity index (χ3v) is 7.53. The molecule has 0 heterocycles. The zero-order valence-corrected chi connectivity index (χ0v) is 18.9. The molecule has 0 aromatic heterocycles. The summed E-state index contributed by atoms with van der Waals surface area (Å²) in [4.78, 5) is 40.4. The number of phenolic OH excluding ortho intramolecular Hbond substituents is 2. The number of nitrogens with two attached hydrogens (primary N) is 1. The molecule has 2 aromatic rings. The summed E-state index contributed by atoms with van der Waals surface area (Å²) in [5, 5.41) is 55.3. The Kier molecular flexibility index (Phi) is 4.77. The number of allylic oxidation sites excluding steroid dienone is 1. The van der Waals surface area contributed by atoms with Crippen molar-refractivity contribution in [3.63, 3.8) is 0 Å². The van der Waals surface area contributed by atoms with Crippen LogP contribution in [0, 0.1) is 11.8 Å². The minimum atomic E-state index is -2.68. The maximum absolute atomic E-state index is 13.6. The van der Waals surface area contributed by atoms with Gasteiger partial charge in [0.15, 0.2) is 11.4 Å². The van der Waals surface area contributed by atoms with Gasteiger partial charge in [-0.2, -0.15) is 0 Å². The van der Waals surface area contributed by atoms with Crippen molar-refractivity contribution in [1.82, 2.24) is 4.90 Å². The number of phenols is 2. The number of amides is 1. The Hall–Kier alpha value is -3.89. The van der Waals surface area contributed by atoms with Crippen LogP contribution in [0.3, 0.4) is 0 Å². The summed E-state index contributed by atoms with van der Waals surface area (Å²) < 4.78 is 0. The van der Waals surface area contributed by atoms with E-state index in [1.165, 1.54) is 11.0 Å². The number of nitrogens with zero attached hydrogens (tertiary/aromatic N) is 1. The Morgan fingerprint density at radius 2 is 1.83 bits per heavy atom. The van der Waals surface area contributed by atoms with Crippen LogP contribution in [-0.4, -0.2) is 73.6 Å². The first kappa shape index (κ1) is 22.9. The van der Waals surface area contributed by atoms with Crippen LogP contribution in [-0.2, 0) is 16.0 Å². The van der Waals surface area contributed by atoms with Crippen molar-refractivity contribution in [3.8, 4) is 11.5 Å². The van der Waals surface area contributed by atoms with E-state index in [1.54, 1.807) is 32.3 Å². The molecule has 10 nitrogen and oxygen atoms in total. The molecule has 2 aromatic carbocycles. The molecule has 4 atom stereocenters. The summed E-state index contributed by atoms with van der Waals surface area (Å²) >= 11 is 0. The monoisotopic (exact) mass is 480 g/mol. The van der Waals surface area contributed by atoms with Crippen molar-refractivity contribution < 1.29 is 39.9 Å². The highest BCUT2D eigenvalue weighted by atomic mass is 16.3. The molecule has 5 rings (SSSR count). The first-order valence-electron chi connectivity index (χ1n) is 11.0. The number of aromatic hydroxyl groups is 2. The van der Waals surface area contributed by atoms with E-state index in [4.69, 9.17) is 5.73 Å². The highest BCUT2D eigenvalue weighted by molar-refractivity contribution is 6.25. The lowest BCUT2D eigenvalue weighted by molar-refractivity contribution is -0.148. The maximum atomic E-state index is 13.6.